The number of aromatic nitrogens is 1. The predicted octanol–water partition coefficient (Wildman–Crippen LogP) is 2.89. The maximum absolute atomic E-state index is 12.7. The van der Waals surface area contributed by atoms with Gasteiger partial charge in [-0.15, -0.1) is 0 Å². The van der Waals surface area contributed by atoms with Crippen LogP contribution >= 0.6 is 0 Å². The Labute approximate surface area is 110 Å². The molecule has 1 unspecified atom stereocenters. The maximum Gasteiger partial charge on any atom is 0.405 e. The second-order valence-electron chi connectivity index (χ2n) is 4.90. The highest BCUT2D eigenvalue weighted by molar-refractivity contribution is 5.50. The van der Waals surface area contributed by atoms with Gasteiger partial charge in [0, 0.05) is 23.8 Å². The van der Waals surface area contributed by atoms with Gasteiger partial charge in [-0.3, -0.25) is 0 Å². The van der Waals surface area contributed by atoms with Crippen LogP contribution in [-0.2, 0) is 0 Å². The van der Waals surface area contributed by atoms with Crippen LogP contribution in [0.1, 0.15) is 31.4 Å². The minimum atomic E-state index is -4.21. The average molecular weight is 273 g/mol. The molecule has 1 N–H and O–H groups in total. The molecule has 1 aliphatic carbocycles. The highest BCUT2D eigenvalue weighted by atomic mass is 19.4. The molecule has 1 heterocycles. The molecule has 1 atom stereocenters. The van der Waals surface area contributed by atoms with Crippen molar-refractivity contribution in [1.29, 1.82) is 0 Å². The first-order valence-electron chi connectivity index (χ1n) is 6.38. The number of alkyl halides is 3. The topological polar surface area (TPSA) is 28.2 Å². The maximum atomic E-state index is 12.7. The van der Waals surface area contributed by atoms with Crippen LogP contribution < -0.4 is 10.2 Å². The van der Waals surface area contributed by atoms with Crippen molar-refractivity contribution in [1.82, 2.24) is 10.3 Å². The molecule has 1 aromatic rings. The lowest BCUT2D eigenvalue weighted by Gasteiger charge is -2.28. The van der Waals surface area contributed by atoms with Crippen LogP contribution in [0.4, 0.5) is 19.0 Å². The zero-order valence-corrected chi connectivity index (χ0v) is 11.0. The van der Waals surface area contributed by atoms with Crippen molar-refractivity contribution in [2.24, 2.45) is 0 Å². The van der Waals surface area contributed by atoms with Crippen LogP contribution in [0.3, 0.4) is 0 Å². The van der Waals surface area contributed by atoms with Gasteiger partial charge in [0.15, 0.2) is 0 Å². The van der Waals surface area contributed by atoms with E-state index in [-0.39, 0.29) is 12.1 Å². The van der Waals surface area contributed by atoms with Crippen molar-refractivity contribution in [3.05, 3.63) is 23.9 Å². The third-order valence-corrected chi connectivity index (χ3v) is 3.33. The molecule has 106 valence electrons. The first kappa shape index (κ1) is 14.1. The van der Waals surface area contributed by atoms with Crippen molar-refractivity contribution in [2.45, 2.75) is 38.0 Å². The van der Waals surface area contributed by atoms with Gasteiger partial charge in [-0.1, -0.05) is 6.07 Å². The van der Waals surface area contributed by atoms with Gasteiger partial charge in [0.1, 0.15) is 12.4 Å². The quantitative estimate of drug-likeness (QED) is 0.894. The molecule has 3 nitrogen and oxygen atoms in total. The van der Waals surface area contributed by atoms with Crippen molar-refractivity contribution < 1.29 is 13.2 Å². The Bertz CT molecular complexity index is 429. The number of rotatable bonds is 5. The lowest BCUT2D eigenvalue weighted by molar-refractivity contribution is -0.120. The summed E-state index contributed by atoms with van der Waals surface area (Å²) in [4.78, 5) is 5.57. The second kappa shape index (κ2) is 5.36. The molecule has 0 spiro atoms. The van der Waals surface area contributed by atoms with Gasteiger partial charge in [0.25, 0.3) is 0 Å². The summed E-state index contributed by atoms with van der Waals surface area (Å²) in [7, 11) is 1.78. The number of hydrogen-bond acceptors (Lipinski definition) is 3. The van der Waals surface area contributed by atoms with E-state index in [2.05, 4.69) is 10.3 Å². The smallest absolute Gasteiger partial charge is 0.344 e. The van der Waals surface area contributed by atoms with Gasteiger partial charge in [0.2, 0.25) is 0 Å². The molecule has 1 aromatic heterocycles. The average Bonchev–Trinajstić information content (AvgIpc) is 3.18. The molecule has 0 bridgehead atoms. The highest BCUT2D eigenvalue weighted by Gasteiger charge is 2.39. The zero-order valence-electron chi connectivity index (χ0n) is 11.0. The Hall–Kier alpha value is -1.30. The Kier molecular flexibility index (Phi) is 3.99. The summed E-state index contributed by atoms with van der Waals surface area (Å²) < 4.78 is 38.1. The Morgan fingerprint density at radius 2 is 2.16 bits per heavy atom. The highest BCUT2D eigenvalue weighted by Crippen LogP contribution is 2.36. The minimum Gasteiger partial charge on any atom is -0.344 e. The molecule has 0 radical (unpaired) electrons. The van der Waals surface area contributed by atoms with E-state index in [0.717, 1.165) is 18.4 Å². The lowest BCUT2D eigenvalue weighted by Crippen LogP contribution is -2.37. The van der Waals surface area contributed by atoms with Crippen molar-refractivity contribution in [2.75, 3.05) is 18.5 Å². The zero-order chi connectivity index (χ0) is 14.0. The van der Waals surface area contributed by atoms with Gasteiger partial charge in [0.05, 0.1) is 0 Å². The second-order valence-corrected chi connectivity index (χ2v) is 4.90. The molecular weight excluding hydrogens is 255 g/mol. The van der Waals surface area contributed by atoms with E-state index in [4.69, 9.17) is 0 Å². The fraction of sp³-hybridized carbons (Fsp3) is 0.615. The molecular formula is C13H18F3N3. The van der Waals surface area contributed by atoms with Crippen LogP contribution in [0.2, 0.25) is 0 Å². The van der Waals surface area contributed by atoms with Crippen LogP contribution in [0, 0.1) is 0 Å². The predicted molar refractivity (Wildman–Crippen MR) is 68.1 cm³/mol. The van der Waals surface area contributed by atoms with E-state index < -0.39 is 12.7 Å². The van der Waals surface area contributed by atoms with Gasteiger partial charge >= 0.3 is 6.18 Å². The van der Waals surface area contributed by atoms with Gasteiger partial charge in [-0.25, -0.2) is 4.98 Å². The van der Waals surface area contributed by atoms with E-state index in [9.17, 15) is 13.2 Å². The van der Waals surface area contributed by atoms with E-state index in [1.807, 2.05) is 13.0 Å². The fourth-order valence-corrected chi connectivity index (χ4v) is 2.10. The third-order valence-electron chi connectivity index (χ3n) is 3.33. The number of hydrogen-bond donors (Lipinski definition) is 1. The minimum absolute atomic E-state index is 0.0284. The van der Waals surface area contributed by atoms with Crippen molar-refractivity contribution >= 4 is 5.82 Å². The van der Waals surface area contributed by atoms with Gasteiger partial charge < -0.3 is 10.2 Å². The number of nitrogens with zero attached hydrogens (tertiary/aromatic N) is 2. The summed E-state index contributed by atoms with van der Waals surface area (Å²) in [6, 6.07) is 3.53. The molecule has 2 rings (SSSR count). The molecule has 0 aliphatic heterocycles. The monoisotopic (exact) mass is 273 g/mol. The Balaban J connectivity index is 2.31. The normalized spacial score (nSPS) is 17.3. The molecule has 1 aliphatic rings. The van der Waals surface area contributed by atoms with Crippen molar-refractivity contribution in [3.63, 3.8) is 0 Å². The standard InChI is InChI=1S/C13H18F3N3/c1-9(17-2)11-4-3-7-18-12(11)19(10-5-6-10)8-13(14,15)16/h3-4,7,9-10,17H,5-6,8H2,1-2H3. The van der Waals surface area contributed by atoms with Crippen LogP contribution in [0.15, 0.2) is 18.3 Å². The van der Waals surface area contributed by atoms with Crippen molar-refractivity contribution in [3.8, 4) is 0 Å². The first-order valence-corrected chi connectivity index (χ1v) is 6.38. The lowest BCUT2D eigenvalue weighted by atomic mass is 10.1. The van der Waals surface area contributed by atoms with E-state index >= 15 is 0 Å². The van der Waals surface area contributed by atoms with E-state index in [1.54, 1.807) is 19.3 Å². The number of halogens is 3. The summed E-state index contributed by atoms with van der Waals surface area (Å²) in [5.74, 6) is 0.448. The largest absolute Gasteiger partial charge is 0.405 e. The van der Waals surface area contributed by atoms with E-state index in [1.165, 1.54) is 4.90 Å². The molecule has 6 heteroatoms. The summed E-state index contributed by atoms with van der Waals surface area (Å²) >= 11 is 0. The molecule has 0 aromatic carbocycles. The summed E-state index contributed by atoms with van der Waals surface area (Å²) in [6.45, 7) is 0.983. The Morgan fingerprint density at radius 1 is 1.47 bits per heavy atom. The summed E-state index contributed by atoms with van der Waals surface area (Å²) in [5.41, 5.74) is 0.807. The van der Waals surface area contributed by atoms with Gasteiger partial charge in [-0.2, -0.15) is 13.2 Å². The van der Waals surface area contributed by atoms with Crippen LogP contribution in [0.25, 0.3) is 0 Å². The molecule has 0 saturated heterocycles. The molecule has 1 fully saturated rings. The molecule has 1 saturated carbocycles. The first-order chi connectivity index (χ1) is 8.92. The number of anilines is 1. The van der Waals surface area contributed by atoms with Gasteiger partial charge in [-0.05, 0) is 32.9 Å². The van der Waals surface area contributed by atoms with Crippen LogP contribution in [0.5, 0.6) is 0 Å². The Morgan fingerprint density at radius 3 is 2.68 bits per heavy atom. The molecule has 19 heavy (non-hydrogen) atoms. The molecule has 0 amide bonds. The number of nitrogens with one attached hydrogen (secondary N) is 1. The third kappa shape index (κ3) is 3.59. The SMILES string of the molecule is CNC(C)c1cccnc1N(CC(F)(F)F)C1CC1. The number of pyridine rings is 1. The summed E-state index contributed by atoms with van der Waals surface area (Å²) in [6.07, 6.45) is -1.05. The van der Waals surface area contributed by atoms with Crippen LogP contribution in [-0.4, -0.2) is 30.8 Å². The van der Waals surface area contributed by atoms with E-state index in [0.29, 0.717) is 5.82 Å². The summed E-state index contributed by atoms with van der Waals surface area (Å²) in [5, 5.41) is 3.05. The fourth-order valence-electron chi connectivity index (χ4n) is 2.10.